The van der Waals surface area contributed by atoms with Crippen molar-refractivity contribution in [1.82, 2.24) is 10.2 Å². The standard InChI is InChI=1S/C8H10F2N2O2/c1-3-14-8(13)5-4(2)11-12-6(5)7(9)10/h7H,3H2,1-2H3,(H,11,12). The van der Waals surface area contributed by atoms with Crippen molar-refractivity contribution in [3.8, 4) is 0 Å². The number of rotatable bonds is 3. The van der Waals surface area contributed by atoms with E-state index < -0.39 is 18.1 Å². The number of carbonyl (C=O) groups is 1. The van der Waals surface area contributed by atoms with Crippen LogP contribution in [0.4, 0.5) is 8.78 Å². The summed E-state index contributed by atoms with van der Waals surface area (Å²) in [6.07, 6.45) is -2.75. The lowest BCUT2D eigenvalue weighted by Gasteiger charge is -2.02. The number of hydrogen-bond acceptors (Lipinski definition) is 3. The lowest BCUT2D eigenvalue weighted by atomic mass is 10.2. The second-order valence-corrected chi connectivity index (χ2v) is 2.62. The smallest absolute Gasteiger partial charge is 0.342 e. The van der Waals surface area contributed by atoms with Gasteiger partial charge in [0.2, 0.25) is 0 Å². The van der Waals surface area contributed by atoms with Gasteiger partial charge in [0, 0.05) is 0 Å². The molecule has 4 nitrogen and oxygen atoms in total. The molecule has 6 heteroatoms. The first-order chi connectivity index (χ1) is 6.57. The Hall–Kier alpha value is -1.46. The van der Waals surface area contributed by atoms with Crippen LogP contribution in [0.15, 0.2) is 0 Å². The molecule has 1 aromatic rings. The molecule has 78 valence electrons. The summed E-state index contributed by atoms with van der Waals surface area (Å²) in [5, 5.41) is 5.65. The molecule has 0 spiro atoms. The van der Waals surface area contributed by atoms with E-state index >= 15 is 0 Å². The molecular formula is C8H10F2N2O2. The van der Waals surface area contributed by atoms with Crippen LogP contribution in [-0.2, 0) is 4.74 Å². The van der Waals surface area contributed by atoms with E-state index in [9.17, 15) is 13.6 Å². The molecule has 0 bridgehead atoms. The van der Waals surface area contributed by atoms with Crippen LogP contribution in [0.3, 0.4) is 0 Å². The van der Waals surface area contributed by atoms with Crippen molar-refractivity contribution in [1.29, 1.82) is 0 Å². The van der Waals surface area contributed by atoms with Crippen LogP contribution < -0.4 is 0 Å². The maximum atomic E-state index is 12.4. The van der Waals surface area contributed by atoms with Gasteiger partial charge in [-0.25, -0.2) is 13.6 Å². The molecule has 0 amide bonds. The van der Waals surface area contributed by atoms with Gasteiger partial charge in [-0.15, -0.1) is 0 Å². The quantitative estimate of drug-likeness (QED) is 0.764. The summed E-state index contributed by atoms with van der Waals surface area (Å²) in [6, 6.07) is 0. The van der Waals surface area contributed by atoms with E-state index in [1.807, 2.05) is 0 Å². The number of nitrogens with one attached hydrogen (secondary N) is 1. The summed E-state index contributed by atoms with van der Waals surface area (Å²) in [5.74, 6) is -0.769. The number of alkyl halides is 2. The van der Waals surface area contributed by atoms with Gasteiger partial charge in [0.25, 0.3) is 6.43 Å². The number of carbonyl (C=O) groups excluding carboxylic acids is 1. The maximum Gasteiger partial charge on any atom is 0.342 e. The topological polar surface area (TPSA) is 55.0 Å². The zero-order valence-corrected chi connectivity index (χ0v) is 7.80. The van der Waals surface area contributed by atoms with E-state index in [1.54, 1.807) is 6.92 Å². The molecule has 1 heterocycles. The van der Waals surface area contributed by atoms with Crippen LogP contribution in [0.1, 0.15) is 35.1 Å². The Morgan fingerprint density at radius 1 is 1.64 bits per heavy atom. The highest BCUT2D eigenvalue weighted by atomic mass is 19.3. The number of aromatic nitrogens is 2. The highest BCUT2D eigenvalue weighted by Gasteiger charge is 2.24. The van der Waals surface area contributed by atoms with Gasteiger partial charge in [0.05, 0.1) is 12.3 Å². The van der Waals surface area contributed by atoms with Crippen LogP contribution >= 0.6 is 0 Å². The molecule has 0 fully saturated rings. The highest BCUT2D eigenvalue weighted by molar-refractivity contribution is 5.91. The Kier molecular flexibility index (Phi) is 3.16. The summed E-state index contributed by atoms with van der Waals surface area (Å²) >= 11 is 0. The monoisotopic (exact) mass is 204 g/mol. The minimum atomic E-state index is -2.75. The first-order valence-corrected chi connectivity index (χ1v) is 4.08. The molecule has 1 N–H and O–H groups in total. The number of ether oxygens (including phenoxy) is 1. The van der Waals surface area contributed by atoms with Crippen LogP contribution in [0.5, 0.6) is 0 Å². The lowest BCUT2D eigenvalue weighted by molar-refractivity contribution is 0.0514. The van der Waals surface area contributed by atoms with Gasteiger partial charge in [-0.1, -0.05) is 0 Å². The molecule has 0 radical (unpaired) electrons. The molecule has 0 saturated heterocycles. The predicted molar refractivity (Wildman–Crippen MR) is 44.2 cm³/mol. The highest BCUT2D eigenvalue weighted by Crippen LogP contribution is 2.23. The maximum absolute atomic E-state index is 12.4. The zero-order chi connectivity index (χ0) is 10.7. The van der Waals surface area contributed by atoms with E-state index in [1.165, 1.54) is 6.92 Å². The van der Waals surface area contributed by atoms with Gasteiger partial charge in [0.1, 0.15) is 11.3 Å². The SMILES string of the molecule is CCOC(=O)c1c(C)n[nH]c1C(F)F. The third-order valence-corrected chi connectivity index (χ3v) is 1.67. The zero-order valence-electron chi connectivity index (χ0n) is 7.80. The molecule has 0 aromatic carbocycles. The fourth-order valence-electron chi connectivity index (χ4n) is 1.07. The van der Waals surface area contributed by atoms with Crippen LogP contribution in [0, 0.1) is 6.92 Å². The Morgan fingerprint density at radius 3 is 2.79 bits per heavy atom. The van der Waals surface area contributed by atoms with E-state index in [4.69, 9.17) is 0 Å². The van der Waals surface area contributed by atoms with Gasteiger partial charge in [-0.3, -0.25) is 5.10 Å². The Balaban J connectivity index is 3.04. The molecule has 14 heavy (non-hydrogen) atoms. The van der Waals surface area contributed by atoms with E-state index in [-0.39, 0.29) is 17.9 Å². The van der Waals surface area contributed by atoms with Gasteiger partial charge in [0.15, 0.2) is 0 Å². The van der Waals surface area contributed by atoms with Gasteiger partial charge in [-0.2, -0.15) is 5.10 Å². The van der Waals surface area contributed by atoms with Crippen molar-refractivity contribution in [3.05, 3.63) is 17.0 Å². The summed E-state index contributed by atoms with van der Waals surface area (Å²) in [6.45, 7) is 3.22. The van der Waals surface area contributed by atoms with Crippen molar-refractivity contribution in [2.45, 2.75) is 20.3 Å². The lowest BCUT2D eigenvalue weighted by Crippen LogP contribution is -2.08. The average Bonchev–Trinajstić information content (AvgIpc) is 2.47. The number of nitrogens with zero attached hydrogens (tertiary/aromatic N) is 1. The minimum absolute atomic E-state index is 0.145. The fraction of sp³-hybridized carbons (Fsp3) is 0.500. The van der Waals surface area contributed by atoms with E-state index in [0.29, 0.717) is 0 Å². The summed E-state index contributed by atoms with van der Waals surface area (Å²) in [5.41, 5.74) is -0.429. The third kappa shape index (κ3) is 1.89. The molecule has 1 rings (SSSR count). The second kappa shape index (κ2) is 4.17. The summed E-state index contributed by atoms with van der Waals surface area (Å²) < 4.78 is 29.4. The molecule has 0 unspecified atom stereocenters. The van der Waals surface area contributed by atoms with E-state index in [0.717, 1.165) is 0 Å². The first kappa shape index (κ1) is 10.6. The number of aromatic amines is 1. The van der Waals surface area contributed by atoms with Crippen molar-refractivity contribution >= 4 is 5.97 Å². The Labute approximate surface area is 79.3 Å². The van der Waals surface area contributed by atoms with Gasteiger partial charge < -0.3 is 4.74 Å². The summed E-state index contributed by atoms with van der Waals surface area (Å²) in [4.78, 5) is 11.2. The number of aryl methyl sites for hydroxylation is 1. The molecule has 0 aliphatic rings. The van der Waals surface area contributed by atoms with Crippen LogP contribution in [-0.4, -0.2) is 22.8 Å². The first-order valence-electron chi connectivity index (χ1n) is 4.08. The fourth-order valence-corrected chi connectivity index (χ4v) is 1.07. The Bertz CT molecular complexity index is 336. The van der Waals surface area contributed by atoms with Crippen molar-refractivity contribution < 1.29 is 18.3 Å². The molecule has 0 aliphatic carbocycles. The van der Waals surface area contributed by atoms with Crippen molar-refractivity contribution in [2.75, 3.05) is 6.61 Å². The minimum Gasteiger partial charge on any atom is -0.462 e. The van der Waals surface area contributed by atoms with Crippen molar-refractivity contribution in [2.24, 2.45) is 0 Å². The van der Waals surface area contributed by atoms with Crippen molar-refractivity contribution in [3.63, 3.8) is 0 Å². The molecular weight excluding hydrogens is 194 g/mol. The number of hydrogen-bond donors (Lipinski definition) is 1. The van der Waals surface area contributed by atoms with E-state index in [2.05, 4.69) is 14.9 Å². The van der Waals surface area contributed by atoms with Gasteiger partial charge >= 0.3 is 5.97 Å². The van der Waals surface area contributed by atoms with Crippen LogP contribution in [0.2, 0.25) is 0 Å². The van der Waals surface area contributed by atoms with Crippen LogP contribution in [0.25, 0.3) is 0 Å². The molecule has 0 aliphatic heterocycles. The molecule has 0 saturated carbocycles. The predicted octanol–water partition coefficient (Wildman–Crippen LogP) is 1.83. The van der Waals surface area contributed by atoms with Gasteiger partial charge in [-0.05, 0) is 13.8 Å². The molecule has 0 atom stereocenters. The molecule has 1 aromatic heterocycles. The Morgan fingerprint density at radius 2 is 2.29 bits per heavy atom. The average molecular weight is 204 g/mol. The number of H-pyrrole nitrogens is 1. The number of halogens is 2. The summed E-state index contributed by atoms with van der Waals surface area (Å²) in [7, 11) is 0. The normalized spacial score (nSPS) is 10.6. The largest absolute Gasteiger partial charge is 0.462 e. The number of esters is 1. The second-order valence-electron chi connectivity index (χ2n) is 2.62. The third-order valence-electron chi connectivity index (χ3n) is 1.67.